The number of halogens is 1. The van der Waals surface area contributed by atoms with Crippen molar-refractivity contribution in [3.05, 3.63) is 68.9 Å². The van der Waals surface area contributed by atoms with Crippen LogP contribution in [0.1, 0.15) is 5.82 Å². The molecule has 1 aromatic heterocycles. The van der Waals surface area contributed by atoms with Gasteiger partial charge < -0.3 is 14.6 Å². The van der Waals surface area contributed by atoms with Crippen LogP contribution in [0.25, 0.3) is 0 Å². The smallest absolute Gasteiger partial charge is 0.271 e. The zero-order valence-electron chi connectivity index (χ0n) is 15.2. The molecule has 0 atom stereocenters. The van der Waals surface area contributed by atoms with Gasteiger partial charge in [0.1, 0.15) is 12.4 Å². The van der Waals surface area contributed by atoms with Crippen LogP contribution in [-0.4, -0.2) is 31.3 Å². The summed E-state index contributed by atoms with van der Waals surface area (Å²) in [5, 5.41) is 22.2. The summed E-state index contributed by atoms with van der Waals surface area (Å²) < 4.78 is 8.41. The predicted molar refractivity (Wildman–Crippen MR) is 112 cm³/mol. The van der Waals surface area contributed by atoms with Crippen molar-refractivity contribution in [2.24, 2.45) is 7.05 Å². The Kier molecular flexibility index (Phi) is 6.83. The Morgan fingerprint density at radius 3 is 2.76 bits per heavy atom. The molecule has 0 fully saturated rings. The van der Waals surface area contributed by atoms with E-state index in [0.717, 1.165) is 4.47 Å². The number of rotatable bonds is 8. The number of nitro groups is 1. The molecule has 3 aromatic rings. The lowest BCUT2D eigenvalue weighted by Crippen LogP contribution is -2.14. The number of amides is 1. The molecule has 11 heteroatoms. The Hall–Kier alpha value is -2.92. The second-order valence-corrected chi connectivity index (χ2v) is 7.70. The van der Waals surface area contributed by atoms with E-state index in [-0.39, 0.29) is 24.0 Å². The lowest BCUT2D eigenvalue weighted by molar-refractivity contribution is -0.384. The SMILES string of the molecule is Cn1c(COc2ccc(Br)cc2)nnc1SCC(=O)Nc1cccc([N+](=O)[O-])c1. The van der Waals surface area contributed by atoms with E-state index in [1.165, 1.54) is 30.0 Å². The van der Waals surface area contributed by atoms with Crippen molar-refractivity contribution in [2.75, 3.05) is 11.1 Å². The fraction of sp³-hybridized carbons (Fsp3) is 0.167. The van der Waals surface area contributed by atoms with E-state index in [9.17, 15) is 14.9 Å². The largest absolute Gasteiger partial charge is 0.486 e. The monoisotopic (exact) mass is 477 g/mol. The molecule has 29 heavy (non-hydrogen) atoms. The molecule has 150 valence electrons. The molecule has 0 aliphatic rings. The summed E-state index contributed by atoms with van der Waals surface area (Å²) in [7, 11) is 1.79. The predicted octanol–water partition coefficient (Wildman–Crippen LogP) is 3.80. The van der Waals surface area contributed by atoms with Crippen LogP contribution >= 0.6 is 27.7 Å². The molecular weight excluding hydrogens is 462 g/mol. The fourth-order valence-electron chi connectivity index (χ4n) is 2.30. The van der Waals surface area contributed by atoms with E-state index >= 15 is 0 Å². The number of non-ortho nitro benzene ring substituents is 1. The van der Waals surface area contributed by atoms with Crippen LogP contribution in [-0.2, 0) is 18.4 Å². The Labute approximate surface area is 178 Å². The van der Waals surface area contributed by atoms with E-state index in [4.69, 9.17) is 4.74 Å². The molecule has 0 unspecified atom stereocenters. The molecule has 9 nitrogen and oxygen atoms in total. The number of carbonyl (C=O) groups is 1. The molecule has 2 aromatic carbocycles. The first-order valence-corrected chi connectivity index (χ1v) is 10.1. The number of anilines is 1. The lowest BCUT2D eigenvalue weighted by Gasteiger charge is -2.07. The van der Waals surface area contributed by atoms with E-state index in [2.05, 4.69) is 31.4 Å². The number of nitrogens with one attached hydrogen (secondary N) is 1. The first-order chi connectivity index (χ1) is 13.9. The molecule has 0 aliphatic carbocycles. The van der Waals surface area contributed by atoms with Gasteiger partial charge in [-0.1, -0.05) is 33.8 Å². The minimum absolute atomic E-state index is 0.0841. The summed E-state index contributed by atoms with van der Waals surface area (Å²) in [5.41, 5.74) is 0.283. The Bertz CT molecular complexity index is 1030. The van der Waals surface area contributed by atoms with Gasteiger partial charge in [0.25, 0.3) is 5.69 Å². The molecule has 0 radical (unpaired) electrons. The average molecular weight is 478 g/mol. The molecule has 0 aliphatic heterocycles. The number of carbonyl (C=O) groups excluding carboxylic acids is 1. The third kappa shape index (κ3) is 5.78. The summed E-state index contributed by atoms with van der Waals surface area (Å²) >= 11 is 4.58. The average Bonchev–Trinajstić information content (AvgIpc) is 3.06. The van der Waals surface area contributed by atoms with Crippen molar-refractivity contribution < 1.29 is 14.5 Å². The molecule has 1 heterocycles. The highest BCUT2D eigenvalue weighted by molar-refractivity contribution is 9.10. The van der Waals surface area contributed by atoms with E-state index < -0.39 is 4.92 Å². The first kappa shape index (κ1) is 20.8. The van der Waals surface area contributed by atoms with Crippen LogP contribution in [0.2, 0.25) is 0 Å². The molecule has 0 bridgehead atoms. The van der Waals surface area contributed by atoms with Crippen LogP contribution in [0.5, 0.6) is 5.75 Å². The topological polar surface area (TPSA) is 112 Å². The highest BCUT2D eigenvalue weighted by Gasteiger charge is 2.13. The molecule has 1 N–H and O–H groups in total. The van der Waals surface area contributed by atoms with Gasteiger partial charge in [-0.05, 0) is 30.3 Å². The van der Waals surface area contributed by atoms with Gasteiger partial charge in [0.05, 0.1) is 10.7 Å². The number of hydrogen-bond acceptors (Lipinski definition) is 7. The summed E-state index contributed by atoms with van der Waals surface area (Å²) in [6.07, 6.45) is 0. The summed E-state index contributed by atoms with van der Waals surface area (Å²) in [6.45, 7) is 0.242. The molecule has 3 rings (SSSR count). The Morgan fingerprint density at radius 2 is 2.03 bits per heavy atom. The number of nitrogens with zero attached hydrogens (tertiary/aromatic N) is 4. The Morgan fingerprint density at radius 1 is 1.28 bits per heavy atom. The third-order valence-corrected chi connectivity index (χ3v) is 5.33. The number of hydrogen-bond donors (Lipinski definition) is 1. The molecule has 0 spiro atoms. The minimum atomic E-state index is -0.512. The van der Waals surface area contributed by atoms with Gasteiger partial charge in [0, 0.05) is 29.3 Å². The molecule has 0 saturated heterocycles. The van der Waals surface area contributed by atoms with Gasteiger partial charge in [-0.2, -0.15) is 0 Å². The number of aromatic nitrogens is 3. The molecule has 1 amide bonds. The number of ether oxygens (including phenoxy) is 1. The second kappa shape index (κ2) is 9.52. The maximum Gasteiger partial charge on any atom is 0.271 e. The Balaban J connectivity index is 1.53. The van der Waals surface area contributed by atoms with Crippen molar-refractivity contribution in [2.45, 2.75) is 11.8 Å². The van der Waals surface area contributed by atoms with Crippen LogP contribution in [0.15, 0.2) is 58.2 Å². The third-order valence-electron chi connectivity index (χ3n) is 3.78. The first-order valence-electron chi connectivity index (χ1n) is 8.36. The van der Waals surface area contributed by atoms with Gasteiger partial charge in [-0.25, -0.2) is 0 Å². The number of nitro benzene ring substituents is 1. The van der Waals surface area contributed by atoms with Crippen LogP contribution in [0, 0.1) is 10.1 Å². The van der Waals surface area contributed by atoms with Crippen LogP contribution in [0.3, 0.4) is 0 Å². The zero-order chi connectivity index (χ0) is 20.8. The quantitative estimate of drug-likeness (QED) is 0.298. The van der Waals surface area contributed by atoms with Gasteiger partial charge in [-0.3, -0.25) is 14.9 Å². The van der Waals surface area contributed by atoms with Crippen LogP contribution in [0.4, 0.5) is 11.4 Å². The second-order valence-electron chi connectivity index (χ2n) is 5.84. The van der Waals surface area contributed by atoms with Gasteiger partial charge >= 0.3 is 0 Å². The lowest BCUT2D eigenvalue weighted by atomic mass is 10.3. The minimum Gasteiger partial charge on any atom is -0.486 e. The van der Waals surface area contributed by atoms with E-state index in [0.29, 0.717) is 22.4 Å². The van der Waals surface area contributed by atoms with Crippen molar-refractivity contribution in [1.82, 2.24) is 14.8 Å². The summed E-state index contributed by atoms with van der Waals surface area (Å²) in [6, 6.07) is 13.2. The van der Waals surface area contributed by atoms with Crippen molar-refractivity contribution in [1.29, 1.82) is 0 Å². The van der Waals surface area contributed by atoms with Gasteiger partial charge in [0.2, 0.25) is 5.91 Å². The number of thioether (sulfide) groups is 1. The normalized spacial score (nSPS) is 10.6. The van der Waals surface area contributed by atoms with Crippen LogP contribution < -0.4 is 10.1 Å². The van der Waals surface area contributed by atoms with Gasteiger partial charge in [-0.15, -0.1) is 10.2 Å². The van der Waals surface area contributed by atoms with E-state index in [1.54, 1.807) is 17.7 Å². The highest BCUT2D eigenvalue weighted by Crippen LogP contribution is 2.20. The maximum absolute atomic E-state index is 12.1. The highest BCUT2D eigenvalue weighted by atomic mass is 79.9. The van der Waals surface area contributed by atoms with Crippen molar-refractivity contribution >= 4 is 45.0 Å². The van der Waals surface area contributed by atoms with E-state index in [1.807, 2.05) is 24.3 Å². The maximum atomic E-state index is 12.1. The van der Waals surface area contributed by atoms with Crippen molar-refractivity contribution in [3.8, 4) is 5.75 Å². The standard InChI is InChI=1S/C18H16BrN5O4S/c1-23-16(10-28-15-7-5-12(19)6-8-15)21-22-18(23)29-11-17(25)20-13-3-2-4-14(9-13)24(26)27/h2-9H,10-11H2,1H3,(H,20,25). The summed E-state index contributed by atoms with van der Waals surface area (Å²) in [4.78, 5) is 22.4. The van der Waals surface area contributed by atoms with Gasteiger partial charge in [0.15, 0.2) is 11.0 Å². The summed E-state index contributed by atoms with van der Waals surface area (Å²) in [5.74, 6) is 1.12. The number of benzene rings is 2. The fourth-order valence-corrected chi connectivity index (χ4v) is 3.29. The zero-order valence-corrected chi connectivity index (χ0v) is 17.6. The molecular formula is C18H16BrN5O4S. The molecule has 0 saturated carbocycles. The van der Waals surface area contributed by atoms with Crippen molar-refractivity contribution in [3.63, 3.8) is 0 Å².